The molecule has 1 atom stereocenters. The molecular weight excluding hydrogens is 374 g/mol. The fraction of sp³-hybridized carbons (Fsp3) is 0.400. The van der Waals surface area contributed by atoms with Crippen molar-refractivity contribution in [3.63, 3.8) is 0 Å². The smallest absolute Gasteiger partial charge is 0.203 e. The van der Waals surface area contributed by atoms with Crippen LogP contribution in [0.25, 0.3) is 16.8 Å². The highest BCUT2D eigenvalue weighted by Crippen LogP contribution is 2.30. The minimum Gasteiger partial charge on any atom is -0.383 e. The maximum Gasteiger partial charge on any atom is 0.203 e. The van der Waals surface area contributed by atoms with E-state index in [1.54, 1.807) is 10.7 Å². The number of aryl methyl sites for hydroxylation is 1. The van der Waals surface area contributed by atoms with Gasteiger partial charge in [0.25, 0.3) is 0 Å². The quantitative estimate of drug-likeness (QED) is 0.561. The van der Waals surface area contributed by atoms with E-state index in [0.29, 0.717) is 12.2 Å². The van der Waals surface area contributed by atoms with Crippen molar-refractivity contribution in [2.45, 2.75) is 12.5 Å². The Bertz CT molecular complexity index is 881. The molecule has 0 spiro atoms. The van der Waals surface area contributed by atoms with Crippen molar-refractivity contribution in [1.82, 2.24) is 25.0 Å². The number of nitrogens with zero attached hydrogens (tertiary/aromatic N) is 4. The van der Waals surface area contributed by atoms with Crippen LogP contribution >= 0.6 is 15.9 Å². The Balaban J connectivity index is 1.78. The van der Waals surface area contributed by atoms with Crippen molar-refractivity contribution in [2.75, 3.05) is 25.4 Å². The highest BCUT2D eigenvalue weighted by Gasteiger charge is 2.21. The summed E-state index contributed by atoms with van der Waals surface area (Å²) < 4.78 is 10.1. The third-order valence-corrected chi connectivity index (χ3v) is 5.05. The van der Waals surface area contributed by atoms with Crippen LogP contribution in [0.1, 0.15) is 5.69 Å². The standard InChI is InChI=1S/C15H18BrN7O/c1-22-8-9(5-19-22)11-7-20-23-14(17)13(16)12(21-15(11)23)4-10-6-18-2-3-24-10/h5,7-8,10,18H,2-4,6H2,1H3,(H2,17,20,21)/p+1. The number of aromatic amines is 1. The number of aromatic nitrogens is 5. The summed E-state index contributed by atoms with van der Waals surface area (Å²) in [5.74, 6) is 0.546. The van der Waals surface area contributed by atoms with Gasteiger partial charge in [0.05, 0.1) is 46.4 Å². The molecule has 0 aromatic carbocycles. The lowest BCUT2D eigenvalue weighted by molar-refractivity contribution is -0.726. The molecule has 4 rings (SSSR count). The van der Waals surface area contributed by atoms with Crippen LogP contribution < -0.4 is 15.7 Å². The van der Waals surface area contributed by atoms with Gasteiger partial charge in [-0.1, -0.05) is 0 Å². The molecule has 1 saturated heterocycles. The summed E-state index contributed by atoms with van der Waals surface area (Å²) >= 11 is 3.56. The Morgan fingerprint density at radius 1 is 1.54 bits per heavy atom. The van der Waals surface area contributed by atoms with Gasteiger partial charge in [0.15, 0.2) is 12.7 Å². The number of H-pyrrole nitrogens is 1. The lowest BCUT2D eigenvalue weighted by atomic mass is 10.1. The molecule has 3 aromatic rings. The molecule has 0 saturated carbocycles. The van der Waals surface area contributed by atoms with Crippen molar-refractivity contribution in [3.05, 3.63) is 28.8 Å². The molecule has 1 fully saturated rings. The van der Waals surface area contributed by atoms with E-state index in [1.165, 1.54) is 0 Å². The third kappa shape index (κ3) is 2.68. The second-order valence-electron chi connectivity index (χ2n) is 5.92. The Morgan fingerprint density at radius 3 is 3.12 bits per heavy atom. The summed E-state index contributed by atoms with van der Waals surface area (Å²) in [4.78, 5) is 4.82. The summed E-state index contributed by atoms with van der Waals surface area (Å²) in [6, 6.07) is 0. The summed E-state index contributed by atoms with van der Waals surface area (Å²) in [6.07, 6.45) is 6.49. The Hall–Kier alpha value is -1.97. The van der Waals surface area contributed by atoms with Gasteiger partial charge >= 0.3 is 0 Å². The molecule has 4 heterocycles. The zero-order valence-electron chi connectivity index (χ0n) is 13.3. The first-order chi connectivity index (χ1) is 11.6. The zero-order valence-corrected chi connectivity index (χ0v) is 14.9. The average Bonchev–Trinajstić information content (AvgIpc) is 3.19. The normalized spacial score (nSPS) is 18.3. The monoisotopic (exact) mass is 392 g/mol. The van der Waals surface area contributed by atoms with Crippen LogP contribution in [0.15, 0.2) is 23.1 Å². The number of anilines is 1. The number of nitrogens with one attached hydrogen (secondary N) is 2. The highest BCUT2D eigenvalue weighted by molar-refractivity contribution is 9.10. The zero-order chi connectivity index (χ0) is 16.7. The lowest BCUT2D eigenvalue weighted by Gasteiger charge is -2.23. The average molecular weight is 393 g/mol. The lowest BCUT2D eigenvalue weighted by Crippen LogP contribution is -2.39. The molecule has 1 aliphatic heterocycles. The van der Waals surface area contributed by atoms with Gasteiger partial charge in [-0.15, -0.1) is 4.68 Å². The molecule has 126 valence electrons. The van der Waals surface area contributed by atoms with E-state index in [4.69, 9.17) is 15.5 Å². The molecule has 24 heavy (non-hydrogen) atoms. The first kappa shape index (κ1) is 15.6. The van der Waals surface area contributed by atoms with Gasteiger partial charge in [0.1, 0.15) is 5.82 Å². The molecule has 1 unspecified atom stereocenters. The molecule has 3 aromatic heterocycles. The number of halogens is 1. The molecule has 1 aliphatic rings. The first-order valence-electron chi connectivity index (χ1n) is 7.82. The number of rotatable bonds is 3. The maximum atomic E-state index is 6.26. The first-order valence-corrected chi connectivity index (χ1v) is 8.61. The van der Waals surface area contributed by atoms with Gasteiger partial charge in [-0.3, -0.25) is 0 Å². The Labute approximate surface area is 147 Å². The van der Waals surface area contributed by atoms with Crippen molar-refractivity contribution >= 4 is 27.4 Å². The molecule has 4 N–H and O–H groups in total. The van der Waals surface area contributed by atoms with Crippen LogP contribution in [-0.4, -0.2) is 45.5 Å². The Kier molecular flexibility index (Phi) is 3.99. The van der Waals surface area contributed by atoms with E-state index >= 15 is 0 Å². The second-order valence-corrected chi connectivity index (χ2v) is 6.71. The topological polar surface area (TPSA) is 97.1 Å². The molecule has 0 bridgehead atoms. The van der Waals surface area contributed by atoms with Crippen molar-refractivity contribution in [1.29, 1.82) is 0 Å². The van der Waals surface area contributed by atoms with Crippen LogP contribution in [0.5, 0.6) is 0 Å². The Morgan fingerprint density at radius 2 is 2.42 bits per heavy atom. The van der Waals surface area contributed by atoms with E-state index in [0.717, 1.165) is 46.6 Å². The summed E-state index contributed by atoms with van der Waals surface area (Å²) in [5, 5.41) is 10.8. The van der Waals surface area contributed by atoms with Crippen LogP contribution in [0.2, 0.25) is 0 Å². The summed E-state index contributed by atoms with van der Waals surface area (Å²) in [7, 11) is 1.94. The number of hydrogen-bond donors (Lipinski definition) is 3. The number of morpholine rings is 1. The van der Waals surface area contributed by atoms with Gasteiger partial charge in [0.2, 0.25) is 6.20 Å². The fourth-order valence-electron chi connectivity index (χ4n) is 2.95. The van der Waals surface area contributed by atoms with Crippen LogP contribution in [0, 0.1) is 0 Å². The fourth-order valence-corrected chi connectivity index (χ4v) is 3.37. The van der Waals surface area contributed by atoms with Crippen molar-refractivity contribution < 1.29 is 9.42 Å². The minimum absolute atomic E-state index is 0.0980. The van der Waals surface area contributed by atoms with Gasteiger partial charge in [0, 0.05) is 19.5 Å². The van der Waals surface area contributed by atoms with E-state index in [1.807, 2.05) is 24.1 Å². The van der Waals surface area contributed by atoms with Gasteiger partial charge in [-0.2, -0.15) is 14.7 Å². The van der Waals surface area contributed by atoms with Crippen LogP contribution in [0.4, 0.5) is 5.82 Å². The second kappa shape index (κ2) is 6.15. The highest BCUT2D eigenvalue weighted by atomic mass is 79.9. The third-order valence-electron chi connectivity index (χ3n) is 4.18. The number of hydrogen-bond acceptors (Lipinski definition) is 5. The molecular formula is C15H19BrN7O+. The number of nitrogen functional groups attached to an aromatic ring is 1. The largest absolute Gasteiger partial charge is 0.383 e. The number of ether oxygens (including phenoxy) is 1. The van der Waals surface area contributed by atoms with Crippen molar-refractivity contribution in [3.8, 4) is 11.1 Å². The van der Waals surface area contributed by atoms with E-state index < -0.39 is 0 Å². The van der Waals surface area contributed by atoms with Crippen LogP contribution in [-0.2, 0) is 18.2 Å². The van der Waals surface area contributed by atoms with Gasteiger partial charge < -0.3 is 15.8 Å². The number of nitrogens with two attached hydrogens (primary N) is 1. The predicted molar refractivity (Wildman–Crippen MR) is 92.4 cm³/mol. The predicted octanol–water partition coefficient (Wildman–Crippen LogP) is 0.424. The summed E-state index contributed by atoms with van der Waals surface area (Å²) in [5.41, 5.74) is 9.85. The molecule has 0 aliphatic carbocycles. The SMILES string of the molecule is C[n+]1cc(-c2cnn3c(N)c(Br)c(CC4CNCCO4)nc23)c[nH]1. The molecule has 0 radical (unpaired) electrons. The van der Waals surface area contributed by atoms with E-state index in [2.05, 4.69) is 31.4 Å². The van der Waals surface area contributed by atoms with E-state index in [9.17, 15) is 0 Å². The molecule has 8 nitrogen and oxygen atoms in total. The molecule has 9 heteroatoms. The summed E-state index contributed by atoms with van der Waals surface area (Å²) in [6.45, 7) is 2.43. The number of fused-ring (bicyclic) bond motifs is 1. The van der Waals surface area contributed by atoms with Gasteiger partial charge in [-0.25, -0.2) is 4.98 Å². The van der Waals surface area contributed by atoms with Crippen LogP contribution in [0.3, 0.4) is 0 Å². The minimum atomic E-state index is 0.0980. The molecule has 0 amide bonds. The maximum absolute atomic E-state index is 6.26. The van der Waals surface area contributed by atoms with Gasteiger partial charge in [-0.05, 0) is 15.9 Å². The van der Waals surface area contributed by atoms with E-state index in [-0.39, 0.29) is 6.10 Å². The van der Waals surface area contributed by atoms with Crippen molar-refractivity contribution in [2.24, 2.45) is 7.05 Å².